The van der Waals surface area contributed by atoms with Crippen molar-refractivity contribution in [3.05, 3.63) is 0 Å². The Labute approximate surface area is 98.3 Å². The first-order valence-corrected chi connectivity index (χ1v) is 5.67. The Kier molecular flexibility index (Phi) is 7.40. The molecule has 0 fully saturated rings. The van der Waals surface area contributed by atoms with Crippen LogP contribution in [-0.2, 0) is 0 Å². The number of amidine groups is 1. The monoisotopic (exact) mass is 225 g/mol. The second-order valence-corrected chi connectivity index (χ2v) is 4.53. The summed E-state index contributed by atoms with van der Waals surface area (Å²) in [6, 6.07) is 0. The molecular weight excluding hydrogens is 202 g/mol. The fourth-order valence-electron chi connectivity index (χ4n) is 1.27. The fourth-order valence-corrected chi connectivity index (χ4v) is 1.27. The van der Waals surface area contributed by atoms with Gasteiger partial charge >= 0.3 is 0 Å². The van der Waals surface area contributed by atoms with E-state index in [1.54, 1.807) is 0 Å². The van der Waals surface area contributed by atoms with Crippen molar-refractivity contribution in [3.63, 3.8) is 0 Å². The molecule has 0 aliphatic heterocycles. The summed E-state index contributed by atoms with van der Waals surface area (Å²) in [6.45, 7) is 5.75. The van der Waals surface area contributed by atoms with Crippen LogP contribution in [0.15, 0.2) is 5.16 Å². The van der Waals surface area contributed by atoms with Crippen LogP contribution in [0.5, 0.6) is 0 Å². The summed E-state index contributed by atoms with van der Waals surface area (Å²) in [5.41, 5.74) is 5.32. The smallest absolute Gasteiger partial charge is 0.144 e. The van der Waals surface area contributed by atoms with E-state index < -0.39 is 0 Å². The average Bonchev–Trinajstić information content (AvgIpc) is 2.26. The Morgan fingerprint density at radius 2 is 2.12 bits per heavy atom. The van der Waals surface area contributed by atoms with Crippen LogP contribution in [0.3, 0.4) is 0 Å². The predicted molar refractivity (Wildman–Crippen MR) is 67.4 cm³/mol. The molecule has 4 N–H and O–H groups in total. The van der Waals surface area contributed by atoms with E-state index in [4.69, 9.17) is 17.4 Å². The Morgan fingerprint density at radius 1 is 1.44 bits per heavy atom. The topological polar surface area (TPSA) is 70.6 Å². The Hall–Kier alpha value is -1.21. The van der Waals surface area contributed by atoms with Gasteiger partial charge in [0.05, 0.1) is 0 Å². The molecule has 0 heterocycles. The summed E-state index contributed by atoms with van der Waals surface area (Å²) in [5, 5.41) is 15.0. The van der Waals surface area contributed by atoms with Gasteiger partial charge in [-0.25, -0.2) is 0 Å². The highest BCUT2D eigenvalue weighted by Crippen LogP contribution is 2.19. The zero-order valence-corrected chi connectivity index (χ0v) is 10.3. The van der Waals surface area contributed by atoms with Gasteiger partial charge in [0.15, 0.2) is 0 Å². The maximum Gasteiger partial charge on any atom is 0.144 e. The van der Waals surface area contributed by atoms with Crippen LogP contribution < -0.4 is 11.1 Å². The van der Waals surface area contributed by atoms with Crippen LogP contribution in [0.1, 0.15) is 39.5 Å². The van der Waals surface area contributed by atoms with Gasteiger partial charge in [0, 0.05) is 11.8 Å². The molecule has 4 nitrogen and oxygen atoms in total. The molecule has 0 aliphatic rings. The van der Waals surface area contributed by atoms with Gasteiger partial charge in [-0.1, -0.05) is 19.0 Å². The number of oxime groups is 1. The van der Waals surface area contributed by atoms with Crippen molar-refractivity contribution in [2.45, 2.75) is 39.5 Å². The SMILES string of the molecule is C#CCCCCNCCC(C)(C)C(N)=NO. The van der Waals surface area contributed by atoms with Crippen LogP contribution in [-0.4, -0.2) is 24.1 Å². The molecule has 0 radical (unpaired) electrons. The van der Waals surface area contributed by atoms with Gasteiger partial charge in [-0.3, -0.25) is 0 Å². The summed E-state index contributed by atoms with van der Waals surface area (Å²) in [4.78, 5) is 0. The summed E-state index contributed by atoms with van der Waals surface area (Å²) in [7, 11) is 0. The lowest BCUT2D eigenvalue weighted by atomic mass is 9.88. The Bertz CT molecular complexity index is 253. The largest absolute Gasteiger partial charge is 0.409 e. The zero-order chi connectivity index (χ0) is 12.4. The van der Waals surface area contributed by atoms with Crippen molar-refractivity contribution in [3.8, 4) is 12.3 Å². The Morgan fingerprint density at radius 3 is 2.69 bits per heavy atom. The van der Waals surface area contributed by atoms with E-state index >= 15 is 0 Å². The third-order valence-electron chi connectivity index (χ3n) is 2.65. The molecule has 16 heavy (non-hydrogen) atoms. The molecule has 0 atom stereocenters. The lowest BCUT2D eigenvalue weighted by molar-refractivity contribution is 0.305. The fraction of sp³-hybridized carbons (Fsp3) is 0.750. The number of terminal acetylenes is 1. The minimum Gasteiger partial charge on any atom is -0.409 e. The number of unbranched alkanes of at least 4 members (excludes halogenated alkanes) is 2. The average molecular weight is 225 g/mol. The van der Waals surface area contributed by atoms with E-state index in [9.17, 15) is 0 Å². The van der Waals surface area contributed by atoms with E-state index in [-0.39, 0.29) is 11.3 Å². The van der Waals surface area contributed by atoms with E-state index in [0.717, 1.165) is 38.8 Å². The first kappa shape index (κ1) is 14.8. The lowest BCUT2D eigenvalue weighted by Crippen LogP contribution is -2.35. The molecule has 0 aromatic rings. The highest BCUT2D eigenvalue weighted by Gasteiger charge is 2.22. The van der Waals surface area contributed by atoms with Crippen LogP contribution in [0.2, 0.25) is 0 Å². The van der Waals surface area contributed by atoms with Gasteiger partial charge in [-0.15, -0.1) is 12.3 Å². The number of nitrogens with two attached hydrogens (primary N) is 1. The third-order valence-corrected chi connectivity index (χ3v) is 2.65. The van der Waals surface area contributed by atoms with Crippen molar-refractivity contribution in [1.29, 1.82) is 0 Å². The number of nitrogens with zero attached hydrogens (tertiary/aromatic N) is 1. The summed E-state index contributed by atoms with van der Waals surface area (Å²) in [5.74, 6) is 2.90. The van der Waals surface area contributed by atoms with E-state index in [0.29, 0.717) is 0 Å². The lowest BCUT2D eigenvalue weighted by Gasteiger charge is -2.22. The van der Waals surface area contributed by atoms with E-state index in [1.165, 1.54) is 0 Å². The molecule has 4 heteroatoms. The molecule has 0 saturated heterocycles. The maximum absolute atomic E-state index is 8.59. The first-order valence-electron chi connectivity index (χ1n) is 5.67. The molecule has 0 rings (SSSR count). The van der Waals surface area contributed by atoms with Crippen molar-refractivity contribution in [1.82, 2.24) is 5.32 Å². The van der Waals surface area contributed by atoms with Gasteiger partial charge in [0.2, 0.25) is 0 Å². The highest BCUT2D eigenvalue weighted by molar-refractivity contribution is 5.85. The molecule has 0 aromatic carbocycles. The molecule has 0 unspecified atom stereocenters. The predicted octanol–water partition coefficient (Wildman–Crippen LogP) is 1.54. The van der Waals surface area contributed by atoms with Gasteiger partial charge in [-0.2, -0.15) is 0 Å². The summed E-state index contributed by atoms with van der Waals surface area (Å²) < 4.78 is 0. The van der Waals surface area contributed by atoms with E-state index in [2.05, 4.69) is 16.4 Å². The van der Waals surface area contributed by atoms with Crippen molar-refractivity contribution in [2.24, 2.45) is 16.3 Å². The zero-order valence-electron chi connectivity index (χ0n) is 10.3. The molecule has 92 valence electrons. The quantitative estimate of drug-likeness (QED) is 0.146. The summed E-state index contributed by atoms with van der Waals surface area (Å²) >= 11 is 0. The minimum absolute atomic E-state index is 0.263. The van der Waals surface area contributed by atoms with Crippen LogP contribution >= 0.6 is 0 Å². The van der Waals surface area contributed by atoms with Gasteiger partial charge in [0.25, 0.3) is 0 Å². The van der Waals surface area contributed by atoms with Gasteiger partial charge < -0.3 is 16.3 Å². The minimum atomic E-state index is -0.263. The summed E-state index contributed by atoms with van der Waals surface area (Å²) in [6.07, 6.45) is 9.00. The third kappa shape index (κ3) is 6.31. The van der Waals surface area contributed by atoms with Crippen molar-refractivity contribution in [2.75, 3.05) is 13.1 Å². The van der Waals surface area contributed by atoms with Crippen LogP contribution in [0.4, 0.5) is 0 Å². The molecule has 0 spiro atoms. The molecule has 0 aliphatic carbocycles. The van der Waals surface area contributed by atoms with Gasteiger partial charge in [0.1, 0.15) is 5.84 Å². The molecule has 0 aromatic heterocycles. The van der Waals surface area contributed by atoms with Crippen LogP contribution in [0, 0.1) is 17.8 Å². The maximum atomic E-state index is 8.59. The molecule has 0 saturated carbocycles. The molecule has 0 bridgehead atoms. The highest BCUT2D eigenvalue weighted by atomic mass is 16.4. The Balaban J connectivity index is 3.55. The second kappa shape index (κ2) is 8.00. The van der Waals surface area contributed by atoms with E-state index in [1.807, 2.05) is 13.8 Å². The van der Waals surface area contributed by atoms with Crippen molar-refractivity contribution >= 4 is 5.84 Å². The number of hydrogen-bond acceptors (Lipinski definition) is 3. The number of nitrogens with one attached hydrogen (secondary N) is 1. The normalized spacial score (nSPS) is 12.4. The number of hydrogen-bond donors (Lipinski definition) is 3. The second-order valence-electron chi connectivity index (χ2n) is 4.53. The molecule has 0 amide bonds. The standard InChI is InChI=1S/C12H23N3O/c1-4-5-6-7-9-14-10-8-12(2,3)11(13)15-16/h1,14,16H,5-10H2,2-3H3,(H2,13,15). The van der Waals surface area contributed by atoms with Crippen LogP contribution in [0.25, 0.3) is 0 Å². The first-order chi connectivity index (χ1) is 7.54. The number of rotatable bonds is 8. The van der Waals surface area contributed by atoms with Gasteiger partial charge in [-0.05, 0) is 32.4 Å². The van der Waals surface area contributed by atoms with Crippen molar-refractivity contribution < 1.29 is 5.21 Å². The molecular formula is C12H23N3O.